The first-order valence-electron chi connectivity index (χ1n) is 6.79. The molecule has 0 bridgehead atoms. The Labute approximate surface area is 140 Å². The van der Waals surface area contributed by atoms with Crippen LogP contribution < -0.4 is 0 Å². The fourth-order valence-electron chi connectivity index (χ4n) is 2.28. The van der Waals surface area contributed by atoms with E-state index in [0.717, 1.165) is 27.6 Å². The number of carbonyl (C=O) groups is 2. The van der Waals surface area contributed by atoms with Crippen molar-refractivity contribution < 1.29 is 9.59 Å². The second-order valence-corrected chi connectivity index (χ2v) is 6.62. The Morgan fingerprint density at radius 2 is 2.05 bits per heavy atom. The molecule has 1 saturated heterocycles. The van der Waals surface area contributed by atoms with E-state index in [9.17, 15) is 9.59 Å². The van der Waals surface area contributed by atoms with Crippen molar-refractivity contribution >= 4 is 44.9 Å². The zero-order valence-corrected chi connectivity index (χ0v) is 14.2. The molecule has 4 nitrogen and oxygen atoms in total. The van der Waals surface area contributed by atoms with Crippen LogP contribution in [0.2, 0.25) is 0 Å². The van der Waals surface area contributed by atoms with Gasteiger partial charge in [-0.15, -0.1) is 0 Å². The Kier molecular flexibility index (Phi) is 4.22. The van der Waals surface area contributed by atoms with Crippen LogP contribution in [0.5, 0.6) is 0 Å². The van der Waals surface area contributed by atoms with Crippen molar-refractivity contribution in [3.8, 4) is 5.69 Å². The lowest BCUT2D eigenvalue weighted by molar-refractivity contribution is -0.122. The van der Waals surface area contributed by atoms with Gasteiger partial charge in [0.05, 0.1) is 4.91 Å². The van der Waals surface area contributed by atoms with Crippen LogP contribution in [-0.4, -0.2) is 27.2 Å². The van der Waals surface area contributed by atoms with Crippen molar-refractivity contribution in [2.24, 2.45) is 0 Å². The molecule has 1 fully saturated rings. The van der Waals surface area contributed by atoms with Gasteiger partial charge < -0.3 is 4.57 Å². The third kappa shape index (κ3) is 2.76. The molecule has 0 unspecified atom stereocenters. The maximum atomic E-state index is 12.2. The number of hydrogen-bond donors (Lipinski definition) is 0. The van der Waals surface area contributed by atoms with Gasteiger partial charge in [-0.25, -0.2) is 0 Å². The van der Waals surface area contributed by atoms with Crippen molar-refractivity contribution in [3.63, 3.8) is 0 Å². The Hall–Kier alpha value is -1.79. The molecule has 1 aliphatic rings. The van der Waals surface area contributed by atoms with Gasteiger partial charge in [-0.05, 0) is 55.1 Å². The molecule has 0 radical (unpaired) electrons. The SMILES string of the molecule is CCN1C(=O)S/C(=C/c2cccn2-c2cccc(Br)c2)C1=O. The summed E-state index contributed by atoms with van der Waals surface area (Å²) in [4.78, 5) is 25.7. The molecular formula is C16H13BrN2O2S. The fraction of sp³-hybridized carbons (Fsp3) is 0.125. The van der Waals surface area contributed by atoms with E-state index in [1.807, 2.05) is 47.2 Å². The average molecular weight is 377 g/mol. The summed E-state index contributed by atoms with van der Waals surface area (Å²) in [6.45, 7) is 2.19. The van der Waals surface area contributed by atoms with Crippen molar-refractivity contribution in [2.45, 2.75) is 6.92 Å². The standard InChI is InChI=1S/C16H13BrN2O2S/c1-2-18-15(20)14(22-16(18)21)10-13-7-4-8-19(13)12-6-3-5-11(17)9-12/h3-10H,2H2,1H3/b14-10+. The first-order chi connectivity index (χ1) is 10.6. The van der Waals surface area contributed by atoms with E-state index in [-0.39, 0.29) is 11.1 Å². The molecule has 6 heteroatoms. The molecular weight excluding hydrogens is 364 g/mol. The summed E-state index contributed by atoms with van der Waals surface area (Å²) in [5.74, 6) is -0.223. The van der Waals surface area contributed by atoms with Gasteiger partial charge in [-0.2, -0.15) is 0 Å². The molecule has 3 rings (SSSR count). The van der Waals surface area contributed by atoms with Crippen LogP contribution in [0.4, 0.5) is 4.79 Å². The predicted molar refractivity (Wildman–Crippen MR) is 91.8 cm³/mol. The number of aromatic nitrogens is 1. The first kappa shape index (κ1) is 15.1. The lowest BCUT2D eigenvalue weighted by Crippen LogP contribution is -2.27. The molecule has 22 heavy (non-hydrogen) atoms. The molecule has 2 aromatic rings. The summed E-state index contributed by atoms with van der Waals surface area (Å²) in [6, 6.07) is 11.7. The van der Waals surface area contributed by atoms with Crippen molar-refractivity contribution in [1.29, 1.82) is 0 Å². The van der Waals surface area contributed by atoms with E-state index >= 15 is 0 Å². The molecule has 2 amide bonds. The second-order valence-electron chi connectivity index (χ2n) is 4.71. The zero-order chi connectivity index (χ0) is 15.7. The highest BCUT2D eigenvalue weighted by Gasteiger charge is 2.33. The number of benzene rings is 1. The van der Waals surface area contributed by atoms with Crippen molar-refractivity contribution in [2.75, 3.05) is 6.54 Å². The van der Waals surface area contributed by atoms with Crippen LogP contribution in [0.1, 0.15) is 12.6 Å². The van der Waals surface area contributed by atoms with E-state index in [2.05, 4.69) is 15.9 Å². The van der Waals surface area contributed by atoms with Crippen LogP contribution >= 0.6 is 27.7 Å². The maximum absolute atomic E-state index is 12.2. The number of amides is 2. The highest BCUT2D eigenvalue weighted by atomic mass is 79.9. The predicted octanol–water partition coefficient (Wildman–Crippen LogP) is 4.30. The van der Waals surface area contributed by atoms with Gasteiger partial charge >= 0.3 is 0 Å². The van der Waals surface area contributed by atoms with Crippen molar-refractivity contribution in [1.82, 2.24) is 9.47 Å². The third-order valence-electron chi connectivity index (χ3n) is 3.34. The van der Waals surface area contributed by atoms with Gasteiger partial charge in [0.25, 0.3) is 11.1 Å². The normalized spacial score (nSPS) is 16.8. The average Bonchev–Trinajstić information content (AvgIpc) is 3.05. The van der Waals surface area contributed by atoms with Crippen LogP contribution in [-0.2, 0) is 4.79 Å². The van der Waals surface area contributed by atoms with Gasteiger partial charge in [0.2, 0.25) is 0 Å². The number of carbonyl (C=O) groups excluding carboxylic acids is 2. The number of likely N-dealkylation sites (N-methyl/N-ethyl adjacent to an activating group) is 1. The third-order valence-corrected chi connectivity index (χ3v) is 4.74. The molecule has 0 atom stereocenters. The van der Waals surface area contributed by atoms with E-state index in [1.165, 1.54) is 4.90 Å². The summed E-state index contributed by atoms with van der Waals surface area (Å²) in [5.41, 5.74) is 1.85. The number of nitrogens with zero attached hydrogens (tertiary/aromatic N) is 2. The Balaban J connectivity index is 1.98. The van der Waals surface area contributed by atoms with Crippen molar-refractivity contribution in [3.05, 3.63) is 57.7 Å². The van der Waals surface area contributed by atoms with Crippen LogP contribution in [0.15, 0.2) is 52.0 Å². The Bertz CT molecular complexity index is 782. The minimum Gasteiger partial charge on any atom is -0.317 e. The highest BCUT2D eigenvalue weighted by Crippen LogP contribution is 2.32. The van der Waals surface area contributed by atoms with E-state index in [0.29, 0.717) is 11.4 Å². The largest absolute Gasteiger partial charge is 0.317 e. The molecule has 1 aromatic carbocycles. The number of halogens is 1. The molecule has 1 aliphatic heterocycles. The van der Waals surface area contributed by atoms with Gasteiger partial charge in [-0.1, -0.05) is 22.0 Å². The van der Waals surface area contributed by atoms with Gasteiger partial charge in [0.15, 0.2) is 0 Å². The zero-order valence-electron chi connectivity index (χ0n) is 11.8. The first-order valence-corrected chi connectivity index (χ1v) is 8.39. The highest BCUT2D eigenvalue weighted by molar-refractivity contribution is 9.10. The molecule has 1 aromatic heterocycles. The second kappa shape index (κ2) is 6.14. The number of imide groups is 1. The minimum atomic E-state index is -0.223. The van der Waals surface area contributed by atoms with E-state index in [4.69, 9.17) is 0 Å². The molecule has 0 saturated carbocycles. The molecule has 112 valence electrons. The Morgan fingerprint density at radius 1 is 1.23 bits per heavy atom. The van der Waals surface area contributed by atoms with Gasteiger partial charge in [-0.3, -0.25) is 14.5 Å². The monoisotopic (exact) mass is 376 g/mol. The number of hydrogen-bond acceptors (Lipinski definition) is 3. The maximum Gasteiger partial charge on any atom is 0.293 e. The van der Waals surface area contributed by atoms with Gasteiger partial charge in [0, 0.05) is 28.6 Å². The topological polar surface area (TPSA) is 42.3 Å². The molecule has 0 N–H and O–H groups in total. The fourth-order valence-corrected chi connectivity index (χ4v) is 3.55. The van der Waals surface area contributed by atoms with Crippen LogP contribution in [0.3, 0.4) is 0 Å². The minimum absolute atomic E-state index is 0.209. The summed E-state index contributed by atoms with van der Waals surface area (Å²) in [6.07, 6.45) is 3.69. The number of thioether (sulfide) groups is 1. The summed E-state index contributed by atoms with van der Waals surface area (Å²) < 4.78 is 2.96. The summed E-state index contributed by atoms with van der Waals surface area (Å²) in [5, 5.41) is -0.209. The van der Waals surface area contributed by atoms with E-state index < -0.39 is 0 Å². The summed E-state index contributed by atoms with van der Waals surface area (Å²) in [7, 11) is 0. The lowest BCUT2D eigenvalue weighted by Gasteiger charge is -2.08. The Morgan fingerprint density at radius 3 is 2.73 bits per heavy atom. The molecule has 0 spiro atoms. The lowest BCUT2D eigenvalue weighted by atomic mass is 10.3. The van der Waals surface area contributed by atoms with E-state index in [1.54, 1.807) is 13.0 Å². The molecule has 0 aliphatic carbocycles. The van der Waals surface area contributed by atoms with Crippen LogP contribution in [0.25, 0.3) is 11.8 Å². The van der Waals surface area contributed by atoms with Gasteiger partial charge in [0.1, 0.15) is 0 Å². The molecule has 2 heterocycles. The summed E-state index contributed by atoms with van der Waals surface area (Å²) >= 11 is 4.44. The number of rotatable bonds is 3. The van der Waals surface area contributed by atoms with Crippen LogP contribution in [0, 0.1) is 0 Å². The smallest absolute Gasteiger partial charge is 0.293 e. The quantitative estimate of drug-likeness (QED) is 0.750.